The zero-order valence-electron chi connectivity index (χ0n) is 28.0. The SMILES string of the molecule is C[C@H](NC(=O)[C@@H]1C[C@@H](F)CN1C(=O)CNC(=O)c1ccc2cc(F)ccc2n1)c1ccc(N2C[C@@H](C)N(C)[C@H](C)C2)cc1/C=C/C1CC1. The molecule has 0 unspecified atom stereocenters. The zero-order valence-corrected chi connectivity index (χ0v) is 28.0. The molecule has 0 spiro atoms. The van der Waals surface area contributed by atoms with Gasteiger partial charge in [0.25, 0.3) is 5.91 Å². The summed E-state index contributed by atoms with van der Waals surface area (Å²) in [6.07, 6.45) is 5.27. The van der Waals surface area contributed by atoms with Gasteiger partial charge in [-0.25, -0.2) is 13.8 Å². The van der Waals surface area contributed by atoms with E-state index in [-0.39, 0.29) is 18.7 Å². The normalized spacial score (nSPS) is 23.9. The molecule has 2 aliphatic heterocycles. The molecule has 3 aromatic rings. The van der Waals surface area contributed by atoms with Crippen LogP contribution in [0.2, 0.25) is 0 Å². The molecule has 0 bridgehead atoms. The number of carbonyl (C=O) groups is 3. The van der Waals surface area contributed by atoms with E-state index in [0.29, 0.717) is 28.9 Å². The van der Waals surface area contributed by atoms with Gasteiger partial charge in [0.15, 0.2) is 0 Å². The topological polar surface area (TPSA) is 97.9 Å². The Bertz CT molecular complexity index is 1720. The second kappa shape index (κ2) is 14.0. The number of hydrogen-bond donors (Lipinski definition) is 2. The average Bonchev–Trinajstić information content (AvgIpc) is 3.82. The minimum absolute atomic E-state index is 0.0593. The molecule has 1 aliphatic carbocycles. The second-order valence-electron chi connectivity index (χ2n) is 13.6. The van der Waals surface area contributed by atoms with Crippen LogP contribution in [0.5, 0.6) is 0 Å². The van der Waals surface area contributed by atoms with E-state index in [1.165, 1.54) is 42.0 Å². The molecule has 3 heterocycles. The van der Waals surface area contributed by atoms with E-state index in [9.17, 15) is 23.2 Å². The van der Waals surface area contributed by atoms with Crippen molar-refractivity contribution in [3.05, 3.63) is 77.2 Å². The number of allylic oxidation sites excluding steroid dienone is 1. The number of amides is 3. The predicted octanol–water partition coefficient (Wildman–Crippen LogP) is 4.87. The molecular formula is C37H44F2N6O3. The van der Waals surface area contributed by atoms with Crippen LogP contribution in [0.3, 0.4) is 0 Å². The molecule has 3 fully saturated rings. The van der Waals surface area contributed by atoms with Crippen LogP contribution in [0.4, 0.5) is 14.5 Å². The number of alkyl halides is 1. The van der Waals surface area contributed by atoms with Gasteiger partial charge in [0.1, 0.15) is 23.7 Å². The molecule has 2 saturated heterocycles. The fourth-order valence-electron chi connectivity index (χ4n) is 6.71. The number of fused-ring (bicyclic) bond motifs is 1. The monoisotopic (exact) mass is 658 g/mol. The summed E-state index contributed by atoms with van der Waals surface area (Å²) in [5.41, 5.74) is 3.62. The van der Waals surface area contributed by atoms with Crippen LogP contribution in [0.25, 0.3) is 17.0 Å². The molecule has 2 aromatic carbocycles. The van der Waals surface area contributed by atoms with Gasteiger partial charge in [-0.2, -0.15) is 0 Å². The number of carbonyl (C=O) groups excluding carboxylic acids is 3. The average molecular weight is 659 g/mol. The fraction of sp³-hybridized carbons (Fsp3) is 0.459. The Kier molecular flexibility index (Phi) is 9.78. The highest BCUT2D eigenvalue weighted by atomic mass is 19.1. The molecule has 1 saturated carbocycles. The lowest BCUT2D eigenvalue weighted by Crippen LogP contribution is -2.55. The highest BCUT2D eigenvalue weighted by Crippen LogP contribution is 2.33. The summed E-state index contributed by atoms with van der Waals surface area (Å²) in [6, 6.07) is 12.9. The van der Waals surface area contributed by atoms with Crippen molar-refractivity contribution in [2.45, 2.75) is 70.4 Å². The molecule has 3 amide bonds. The van der Waals surface area contributed by atoms with Crippen molar-refractivity contribution in [2.24, 2.45) is 5.92 Å². The third-order valence-electron chi connectivity index (χ3n) is 9.95. The number of likely N-dealkylation sites (tertiary alicyclic amines) is 1. The Morgan fingerprint density at radius 1 is 1.02 bits per heavy atom. The van der Waals surface area contributed by atoms with Crippen LogP contribution in [-0.2, 0) is 9.59 Å². The van der Waals surface area contributed by atoms with Gasteiger partial charge < -0.3 is 20.4 Å². The lowest BCUT2D eigenvalue weighted by atomic mass is 9.98. The fourth-order valence-corrected chi connectivity index (χ4v) is 6.71. The molecular weight excluding hydrogens is 614 g/mol. The van der Waals surface area contributed by atoms with Gasteiger partial charge in [-0.15, -0.1) is 0 Å². The number of nitrogens with one attached hydrogen (secondary N) is 2. The first-order valence-corrected chi connectivity index (χ1v) is 16.8. The quantitative estimate of drug-likeness (QED) is 0.341. The predicted molar refractivity (Wildman–Crippen MR) is 183 cm³/mol. The van der Waals surface area contributed by atoms with Gasteiger partial charge >= 0.3 is 0 Å². The summed E-state index contributed by atoms with van der Waals surface area (Å²) < 4.78 is 28.2. The summed E-state index contributed by atoms with van der Waals surface area (Å²) in [4.78, 5) is 49.8. The first kappa shape index (κ1) is 33.5. The molecule has 254 valence electrons. The second-order valence-corrected chi connectivity index (χ2v) is 13.6. The van der Waals surface area contributed by atoms with Crippen molar-refractivity contribution >= 4 is 40.4 Å². The number of halogens is 2. The van der Waals surface area contributed by atoms with E-state index in [1.54, 1.807) is 6.07 Å². The number of anilines is 1. The summed E-state index contributed by atoms with van der Waals surface area (Å²) in [6.45, 7) is 7.58. The van der Waals surface area contributed by atoms with Crippen LogP contribution in [0.15, 0.2) is 54.6 Å². The van der Waals surface area contributed by atoms with Gasteiger partial charge in [0.2, 0.25) is 11.8 Å². The van der Waals surface area contributed by atoms with Crippen molar-refractivity contribution in [3.63, 3.8) is 0 Å². The number of likely N-dealkylation sites (N-methyl/N-ethyl adjacent to an activating group) is 1. The standard InChI is InChI=1S/C37H44F2N6O3/c1-22-19-44(20-23(2)43(22)4)30-11-12-31(26(16-30)8-7-25-5-6-25)24(3)41-37(48)34-17-29(39)21-45(34)35(46)18-40-36(47)33-13-9-27-15-28(38)10-14-32(27)42-33/h7-16,22-25,29,34H,5-6,17-21H2,1-4H3,(H,40,47)(H,41,48)/b8-7+/t22-,23-,24+,29-,34+/m1/s1. The van der Waals surface area contributed by atoms with Crippen molar-refractivity contribution in [1.29, 1.82) is 0 Å². The Hall–Kier alpha value is -4.38. The molecule has 48 heavy (non-hydrogen) atoms. The Morgan fingerprint density at radius 2 is 1.77 bits per heavy atom. The first-order valence-electron chi connectivity index (χ1n) is 16.8. The number of nitrogens with zero attached hydrogens (tertiary/aromatic N) is 4. The number of benzene rings is 2. The summed E-state index contributed by atoms with van der Waals surface area (Å²) in [5.74, 6) is -1.43. The molecule has 0 radical (unpaired) electrons. The number of piperazine rings is 1. The number of hydrogen-bond acceptors (Lipinski definition) is 6. The molecule has 5 atom stereocenters. The van der Waals surface area contributed by atoms with Crippen molar-refractivity contribution < 1.29 is 23.2 Å². The summed E-state index contributed by atoms with van der Waals surface area (Å²) >= 11 is 0. The number of aromatic nitrogens is 1. The molecule has 9 nitrogen and oxygen atoms in total. The van der Waals surface area contributed by atoms with E-state index in [4.69, 9.17) is 0 Å². The highest BCUT2D eigenvalue weighted by Gasteiger charge is 2.40. The number of pyridine rings is 1. The van der Waals surface area contributed by atoms with Gasteiger partial charge in [-0.3, -0.25) is 19.3 Å². The highest BCUT2D eigenvalue weighted by molar-refractivity contribution is 5.97. The van der Waals surface area contributed by atoms with Gasteiger partial charge in [0, 0.05) is 42.7 Å². The largest absolute Gasteiger partial charge is 0.368 e. The Balaban J connectivity index is 1.11. The Labute approximate surface area is 280 Å². The van der Waals surface area contributed by atoms with Gasteiger partial charge in [0.05, 0.1) is 24.6 Å². The molecule has 2 N–H and O–H groups in total. The molecule has 3 aliphatic rings. The number of rotatable bonds is 9. The van der Waals surface area contributed by atoms with Crippen LogP contribution >= 0.6 is 0 Å². The molecule has 6 rings (SSSR count). The minimum atomic E-state index is -1.36. The molecule has 1 aromatic heterocycles. The summed E-state index contributed by atoms with van der Waals surface area (Å²) in [5, 5.41) is 6.11. The van der Waals surface area contributed by atoms with Crippen LogP contribution in [0.1, 0.15) is 67.7 Å². The lowest BCUT2D eigenvalue weighted by molar-refractivity contribution is -0.138. The van der Waals surface area contributed by atoms with Crippen LogP contribution in [-0.4, -0.2) is 90.0 Å². The molecule has 11 heteroatoms. The van der Waals surface area contributed by atoms with Gasteiger partial charge in [-0.05, 0) is 94.1 Å². The third-order valence-corrected chi connectivity index (χ3v) is 9.95. The van der Waals surface area contributed by atoms with E-state index < -0.39 is 48.3 Å². The van der Waals surface area contributed by atoms with E-state index >= 15 is 0 Å². The zero-order chi connectivity index (χ0) is 34.1. The Morgan fingerprint density at radius 3 is 2.50 bits per heavy atom. The minimum Gasteiger partial charge on any atom is -0.368 e. The third kappa shape index (κ3) is 7.51. The van der Waals surface area contributed by atoms with Gasteiger partial charge in [-0.1, -0.05) is 24.3 Å². The van der Waals surface area contributed by atoms with Crippen LogP contribution < -0.4 is 15.5 Å². The maximum absolute atomic E-state index is 14.7. The maximum atomic E-state index is 14.7. The van der Waals surface area contributed by atoms with Crippen LogP contribution in [0, 0.1) is 11.7 Å². The van der Waals surface area contributed by atoms with Crippen molar-refractivity contribution in [2.75, 3.05) is 38.1 Å². The van der Waals surface area contributed by atoms with Crippen molar-refractivity contribution in [1.82, 2.24) is 25.4 Å². The van der Waals surface area contributed by atoms with E-state index in [2.05, 4.69) is 76.7 Å². The van der Waals surface area contributed by atoms with E-state index in [1.807, 2.05) is 6.92 Å². The maximum Gasteiger partial charge on any atom is 0.270 e. The lowest BCUT2D eigenvalue weighted by Gasteiger charge is -2.43. The first-order chi connectivity index (χ1) is 23.0. The summed E-state index contributed by atoms with van der Waals surface area (Å²) in [7, 11) is 2.17. The van der Waals surface area contributed by atoms with Crippen molar-refractivity contribution in [3.8, 4) is 0 Å². The smallest absolute Gasteiger partial charge is 0.270 e. The van der Waals surface area contributed by atoms with E-state index in [0.717, 1.165) is 29.9 Å².